The minimum atomic E-state index is 0. The number of rotatable bonds is 9. The van der Waals surface area contributed by atoms with Crippen molar-refractivity contribution in [2.75, 3.05) is 26.3 Å². The Morgan fingerprint density at radius 1 is 1.21 bits per heavy atom. The normalized spacial score (nSPS) is 15.5. The lowest BCUT2D eigenvalue weighted by molar-refractivity contribution is 0.128. The molecule has 1 aromatic carbocycles. The number of benzene rings is 1. The van der Waals surface area contributed by atoms with Crippen molar-refractivity contribution in [3.63, 3.8) is 0 Å². The molecule has 0 bridgehead atoms. The maximum absolute atomic E-state index is 5.51. The minimum Gasteiger partial charge on any atom is -0.382 e. The summed E-state index contributed by atoms with van der Waals surface area (Å²) < 4.78 is 5.51. The highest BCUT2D eigenvalue weighted by atomic mass is 127. The Morgan fingerprint density at radius 2 is 1.96 bits per heavy atom. The molecular formula is C19H32IN3O. The number of nitrogens with one attached hydrogen (secondary N) is 2. The van der Waals surface area contributed by atoms with Gasteiger partial charge < -0.3 is 15.4 Å². The van der Waals surface area contributed by atoms with Gasteiger partial charge >= 0.3 is 0 Å². The summed E-state index contributed by atoms with van der Waals surface area (Å²) in [6.07, 6.45) is 3.74. The average Bonchev–Trinajstić information content (AvgIpc) is 3.32. The fourth-order valence-electron chi connectivity index (χ4n) is 2.69. The van der Waals surface area contributed by atoms with Crippen molar-refractivity contribution >= 4 is 29.9 Å². The SMILES string of the molecule is CCNC(=NCc1ccccc1C)NCC1(CCOCC)CC1.I. The smallest absolute Gasteiger partial charge is 0.191 e. The zero-order valence-electron chi connectivity index (χ0n) is 15.2. The molecule has 24 heavy (non-hydrogen) atoms. The van der Waals surface area contributed by atoms with E-state index in [-0.39, 0.29) is 24.0 Å². The Hall–Kier alpha value is -0.820. The van der Waals surface area contributed by atoms with Crippen molar-refractivity contribution in [1.82, 2.24) is 10.6 Å². The number of hydrogen-bond acceptors (Lipinski definition) is 2. The molecule has 1 aliphatic carbocycles. The van der Waals surface area contributed by atoms with Crippen LogP contribution in [0.25, 0.3) is 0 Å². The molecule has 0 unspecified atom stereocenters. The average molecular weight is 445 g/mol. The summed E-state index contributed by atoms with van der Waals surface area (Å²) in [5.74, 6) is 0.915. The number of hydrogen-bond donors (Lipinski definition) is 2. The van der Waals surface area contributed by atoms with Gasteiger partial charge in [0.1, 0.15) is 0 Å². The second-order valence-corrected chi connectivity index (χ2v) is 6.42. The molecule has 0 saturated heterocycles. The lowest BCUT2D eigenvalue weighted by atomic mass is 10.0. The van der Waals surface area contributed by atoms with E-state index in [1.54, 1.807) is 0 Å². The van der Waals surface area contributed by atoms with Crippen molar-refractivity contribution in [1.29, 1.82) is 0 Å². The molecule has 0 radical (unpaired) electrons. The molecule has 1 aromatic rings. The van der Waals surface area contributed by atoms with Crippen LogP contribution in [0.4, 0.5) is 0 Å². The van der Waals surface area contributed by atoms with E-state index in [0.29, 0.717) is 12.0 Å². The predicted octanol–water partition coefficient (Wildman–Crippen LogP) is 3.87. The standard InChI is InChI=1S/C19H31N3O.HI/c1-4-20-18(21-14-17-9-7-6-8-16(17)3)22-15-19(10-11-19)12-13-23-5-2;/h6-9H,4-5,10-15H2,1-3H3,(H2,20,21,22);1H. The summed E-state index contributed by atoms with van der Waals surface area (Å²) in [5, 5.41) is 6.87. The summed E-state index contributed by atoms with van der Waals surface area (Å²) in [6, 6.07) is 8.43. The van der Waals surface area contributed by atoms with Gasteiger partial charge in [-0.25, -0.2) is 4.99 Å². The summed E-state index contributed by atoms with van der Waals surface area (Å²) in [5.41, 5.74) is 3.00. The maximum atomic E-state index is 5.51. The summed E-state index contributed by atoms with van der Waals surface area (Å²) in [6.45, 7) is 10.6. The van der Waals surface area contributed by atoms with Crippen molar-refractivity contribution in [2.24, 2.45) is 10.4 Å². The van der Waals surface area contributed by atoms with E-state index < -0.39 is 0 Å². The number of aryl methyl sites for hydroxylation is 1. The fourth-order valence-corrected chi connectivity index (χ4v) is 2.69. The van der Waals surface area contributed by atoms with Crippen LogP contribution in [-0.4, -0.2) is 32.3 Å². The second kappa shape index (κ2) is 10.9. The molecule has 0 heterocycles. The molecule has 2 N–H and O–H groups in total. The third-order valence-electron chi connectivity index (χ3n) is 4.58. The molecule has 4 nitrogen and oxygen atoms in total. The van der Waals surface area contributed by atoms with Crippen LogP contribution < -0.4 is 10.6 Å². The molecule has 2 rings (SSSR count). The zero-order valence-corrected chi connectivity index (χ0v) is 17.6. The Balaban J connectivity index is 0.00000288. The molecule has 1 saturated carbocycles. The molecule has 1 fully saturated rings. The van der Waals surface area contributed by atoms with Crippen LogP contribution in [0.15, 0.2) is 29.3 Å². The van der Waals surface area contributed by atoms with E-state index in [2.05, 4.69) is 55.7 Å². The number of ether oxygens (including phenoxy) is 1. The predicted molar refractivity (Wildman–Crippen MR) is 112 cm³/mol. The van der Waals surface area contributed by atoms with Crippen LogP contribution >= 0.6 is 24.0 Å². The molecule has 0 aromatic heterocycles. The highest BCUT2D eigenvalue weighted by molar-refractivity contribution is 14.0. The van der Waals surface area contributed by atoms with Crippen LogP contribution in [0.2, 0.25) is 0 Å². The van der Waals surface area contributed by atoms with Crippen LogP contribution in [0.3, 0.4) is 0 Å². The first kappa shape index (κ1) is 21.2. The third kappa shape index (κ3) is 6.97. The first-order valence-corrected chi connectivity index (χ1v) is 8.83. The van der Waals surface area contributed by atoms with Gasteiger partial charge in [-0.05, 0) is 56.6 Å². The summed E-state index contributed by atoms with van der Waals surface area (Å²) >= 11 is 0. The number of halogens is 1. The van der Waals surface area contributed by atoms with Crippen LogP contribution in [0.5, 0.6) is 0 Å². The minimum absolute atomic E-state index is 0. The van der Waals surface area contributed by atoms with E-state index in [1.165, 1.54) is 24.0 Å². The summed E-state index contributed by atoms with van der Waals surface area (Å²) in [7, 11) is 0. The van der Waals surface area contributed by atoms with E-state index in [9.17, 15) is 0 Å². The largest absolute Gasteiger partial charge is 0.382 e. The van der Waals surface area contributed by atoms with Gasteiger partial charge in [-0.1, -0.05) is 24.3 Å². The van der Waals surface area contributed by atoms with Gasteiger partial charge in [0.25, 0.3) is 0 Å². The van der Waals surface area contributed by atoms with Crippen molar-refractivity contribution in [2.45, 2.75) is 46.6 Å². The highest BCUT2D eigenvalue weighted by Crippen LogP contribution is 2.48. The van der Waals surface area contributed by atoms with E-state index >= 15 is 0 Å². The molecule has 0 atom stereocenters. The highest BCUT2D eigenvalue weighted by Gasteiger charge is 2.41. The number of guanidine groups is 1. The van der Waals surface area contributed by atoms with Gasteiger partial charge in [0.15, 0.2) is 5.96 Å². The van der Waals surface area contributed by atoms with Crippen LogP contribution in [-0.2, 0) is 11.3 Å². The molecule has 1 aliphatic rings. The van der Waals surface area contributed by atoms with Crippen LogP contribution in [0.1, 0.15) is 44.2 Å². The van der Waals surface area contributed by atoms with Crippen molar-refractivity contribution in [3.8, 4) is 0 Å². The van der Waals surface area contributed by atoms with Crippen molar-refractivity contribution in [3.05, 3.63) is 35.4 Å². The van der Waals surface area contributed by atoms with E-state index in [4.69, 9.17) is 9.73 Å². The summed E-state index contributed by atoms with van der Waals surface area (Å²) in [4.78, 5) is 4.74. The molecule has 0 amide bonds. The number of aliphatic imine (C=N–C) groups is 1. The Labute approximate surface area is 163 Å². The first-order valence-electron chi connectivity index (χ1n) is 8.83. The van der Waals surface area contributed by atoms with Gasteiger partial charge in [0.2, 0.25) is 0 Å². The second-order valence-electron chi connectivity index (χ2n) is 6.42. The zero-order chi connectivity index (χ0) is 16.5. The Kier molecular flexibility index (Phi) is 9.66. The lowest BCUT2D eigenvalue weighted by Crippen LogP contribution is -2.40. The van der Waals surface area contributed by atoms with Gasteiger partial charge in [-0.2, -0.15) is 0 Å². The van der Waals surface area contributed by atoms with E-state index in [1.807, 2.05) is 0 Å². The van der Waals surface area contributed by atoms with Gasteiger partial charge in [-0.15, -0.1) is 24.0 Å². The Bertz CT molecular complexity index is 515. The monoisotopic (exact) mass is 445 g/mol. The van der Waals surface area contributed by atoms with Gasteiger partial charge in [0, 0.05) is 26.3 Å². The molecule has 5 heteroatoms. The fraction of sp³-hybridized carbons (Fsp3) is 0.632. The molecule has 136 valence electrons. The Morgan fingerprint density at radius 3 is 2.58 bits per heavy atom. The molecule has 0 aliphatic heterocycles. The number of nitrogens with zero attached hydrogens (tertiary/aromatic N) is 1. The first-order chi connectivity index (χ1) is 11.2. The van der Waals surface area contributed by atoms with Gasteiger partial charge in [-0.3, -0.25) is 0 Å². The van der Waals surface area contributed by atoms with Gasteiger partial charge in [0.05, 0.1) is 6.54 Å². The topological polar surface area (TPSA) is 45.7 Å². The lowest BCUT2D eigenvalue weighted by Gasteiger charge is -2.18. The van der Waals surface area contributed by atoms with Crippen LogP contribution in [0, 0.1) is 12.3 Å². The maximum Gasteiger partial charge on any atom is 0.191 e. The van der Waals surface area contributed by atoms with Crippen molar-refractivity contribution < 1.29 is 4.74 Å². The molecule has 0 spiro atoms. The third-order valence-corrected chi connectivity index (χ3v) is 4.58. The quantitative estimate of drug-likeness (QED) is 0.263. The van der Waals surface area contributed by atoms with E-state index in [0.717, 1.165) is 38.7 Å². The molecular weight excluding hydrogens is 413 g/mol.